The molecule has 22 heavy (non-hydrogen) atoms. The molecule has 1 aromatic carbocycles. The van der Waals surface area contributed by atoms with Gasteiger partial charge in [-0.05, 0) is 18.1 Å². The molecule has 2 N–H and O–H groups in total. The van der Waals surface area contributed by atoms with Gasteiger partial charge in [-0.1, -0.05) is 37.7 Å². The van der Waals surface area contributed by atoms with E-state index in [1.54, 1.807) is 18.2 Å². The number of aliphatic hydroxyl groups excluding tert-OH is 2. The van der Waals surface area contributed by atoms with Gasteiger partial charge in [0.2, 0.25) is 0 Å². The van der Waals surface area contributed by atoms with Crippen LogP contribution in [0, 0.1) is 11.7 Å². The number of halogens is 1. The average molecular weight is 325 g/mol. The number of aromatic nitrogens is 3. The Hall–Kier alpha value is -1.44. The molecular weight excluding hydrogens is 305 g/mol. The topological polar surface area (TPSA) is 71.2 Å². The van der Waals surface area contributed by atoms with Crippen LogP contribution in [0.1, 0.15) is 13.8 Å². The third-order valence-corrected chi connectivity index (χ3v) is 4.11. The van der Waals surface area contributed by atoms with Crippen molar-refractivity contribution in [2.75, 3.05) is 12.4 Å². The van der Waals surface area contributed by atoms with Crippen molar-refractivity contribution in [3.63, 3.8) is 0 Å². The zero-order valence-corrected chi connectivity index (χ0v) is 13.4. The Labute approximate surface area is 133 Å². The molecule has 0 saturated heterocycles. The van der Waals surface area contributed by atoms with E-state index in [9.17, 15) is 9.50 Å². The standard InChI is InChI=1S/C15H20FN3O2S/c1-10(2)7-19-14(12-5-3-4-6-13(12)16)17-18-15(19)22-9-11(21)8-20/h3-6,10-11,20-21H,7-9H2,1-2H3. The zero-order chi connectivity index (χ0) is 16.1. The lowest BCUT2D eigenvalue weighted by atomic mass is 10.2. The van der Waals surface area contributed by atoms with Crippen LogP contribution in [-0.2, 0) is 6.54 Å². The molecular formula is C15H20FN3O2S. The number of nitrogens with zero attached hydrogens (tertiary/aromatic N) is 3. The monoisotopic (exact) mass is 325 g/mol. The first-order valence-electron chi connectivity index (χ1n) is 7.12. The summed E-state index contributed by atoms with van der Waals surface area (Å²) in [6.45, 7) is 4.46. The third-order valence-electron chi connectivity index (χ3n) is 2.99. The fourth-order valence-electron chi connectivity index (χ4n) is 1.99. The summed E-state index contributed by atoms with van der Waals surface area (Å²) in [6.07, 6.45) is -0.814. The van der Waals surface area contributed by atoms with Crippen molar-refractivity contribution < 1.29 is 14.6 Å². The molecule has 0 saturated carbocycles. The van der Waals surface area contributed by atoms with Crippen molar-refractivity contribution in [2.24, 2.45) is 5.92 Å². The van der Waals surface area contributed by atoms with E-state index in [4.69, 9.17) is 5.11 Å². The Morgan fingerprint density at radius 3 is 2.64 bits per heavy atom. The SMILES string of the molecule is CC(C)Cn1c(SCC(O)CO)nnc1-c1ccccc1F. The summed E-state index contributed by atoms with van der Waals surface area (Å²) in [5.74, 6) is 0.785. The molecule has 0 radical (unpaired) electrons. The van der Waals surface area contributed by atoms with E-state index in [1.165, 1.54) is 17.8 Å². The van der Waals surface area contributed by atoms with E-state index >= 15 is 0 Å². The summed E-state index contributed by atoms with van der Waals surface area (Å²) in [7, 11) is 0. The molecule has 0 bridgehead atoms. The van der Waals surface area contributed by atoms with Gasteiger partial charge in [-0.2, -0.15) is 0 Å². The first-order chi connectivity index (χ1) is 10.5. The van der Waals surface area contributed by atoms with Crippen molar-refractivity contribution in [2.45, 2.75) is 31.7 Å². The molecule has 0 aliphatic rings. The highest BCUT2D eigenvalue weighted by molar-refractivity contribution is 7.99. The third kappa shape index (κ3) is 4.06. The van der Waals surface area contributed by atoms with Crippen LogP contribution in [0.3, 0.4) is 0 Å². The second kappa shape index (κ2) is 7.71. The van der Waals surface area contributed by atoms with Crippen molar-refractivity contribution in [1.29, 1.82) is 0 Å². The van der Waals surface area contributed by atoms with Gasteiger partial charge in [-0.15, -0.1) is 10.2 Å². The normalized spacial score (nSPS) is 12.8. The van der Waals surface area contributed by atoms with Gasteiger partial charge in [-0.25, -0.2) is 4.39 Å². The Kier molecular flexibility index (Phi) is 5.93. The van der Waals surface area contributed by atoms with Gasteiger partial charge >= 0.3 is 0 Å². The highest BCUT2D eigenvalue weighted by atomic mass is 32.2. The minimum atomic E-state index is -0.814. The molecule has 1 aromatic heterocycles. The minimum absolute atomic E-state index is 0.300. The first kappa shape index (κ1) is 16.9. The van der Waals surface area contributed by atoms with E-state index < -0.39 is 6.10 Å². The minimum Gasteiger partial charge on any atom is -0.394 e. The maximum absolute atomic E-state index is 14.0. The predicted molar refractivity (Wildman–Crippen MR) is 84.1 cm³/mol. The summed E-state index contributed by atoms with van der Waals surface area (Å²) >= 11 is 1.30. The van der Waals surface area contributed by atoms with Crippen LogP contribution >= 0.6 is 11.8 Å². The second-order valence-corrected chi connectivity index (χ2v) is 6.43. The largest absolute Gasteiger partial charge is 0.394 e. The fraction of sp³-hybridized carbons (Fsp3) is 0.467. The molecule has 0 aliphatic heterocycles. The molecule has 1 unspecified atom stereocenters. The predicted octanol–water partition coefficient (Wildman–Crippen LogP) is 2.19. The number of benzene rings is 1. The maximum Gasteiger partial charge on any atom is 0.191 e. The summed E-state index contributed by atoms with van der Waals surface area (Å²) in [5.41, 5.74) is 0.408. The summed E-state index contributed by atoms with van der Waals surface area (Å²) in [6, 6.07) is 6.46. The number of rotatable bonds is 7. The summed E-state index contributed by atoms with van der Waals surface area (Å²) in [4.78, 5) is 0. The average Bonchev–Trinajstić information content (AvgIpc) is 2.87. The van der Waals surface area contributed by atoms with E-state index in [2.05, 4.69) is 24.0 Å². The molecule has 0 fully saturated rings. The van der Waals surface area contributed by atoms with Crippen LogP contribution in [0.5, 0.6) is 0 Å². The van der Waals surface area contributed by atoms with E-state index in [1.807, 2.05) is 4.57 Å². The highest BCUT2D eigenvalue weighted by Gasteiger charge is 2.18. The number of aliphatic hydroxyl groups is 2. The zero-order valence-electron chi connectivity index (χ0n) is 12.6. The molecule has 2 aromatic rings. The number of thioether (sulfide) groups is 1. The second-order valence-electron chi connectivity index (χ2n) is 5.44. The number of hydrogen-bond acceptors (Lipinski definition) is 5. The molecule has 0 amide bonds. The molecule has 1 heterocycles. The van der Waals surface area contributed by atoms with Gasteiger partial charge < -0.3 is 14.8 Å². The number of hydrogen-bond donors (Lipinski definition) is 2. The van der Waals surface area contributed by atoms with Gasteiger partial charge in [0.1, 0.15) is 5.82 Å². The smallest absolute Gasteiger partial charge is 0.191 e. The van der Waals surface area contributed by atoms with Crippen LogP contribution in [-0.4, -0.2) is 43.4 Å². The molecule has 1 atom stereocenters. The molecule has 2 rings (SSSR count). The lowest BCUT2D eigenvalue weighted by molar-refractivity contribution is 0.113. The van der Waals surface area contributed by atoms with Gasteiger partial charge in [0.25, 0.3) is 0 Å². The van der Waals surface area contributed by atoms with Gasteiger partial charge in [-0.3, -0.25) is 0 Å². The molecule has 7 heteroatoms. The van der Waals surface area contributed by atoms with Crippen LogP contribution in [0.15, 0.2) is 29.4 Å². The van der Waals surface area contributed by atoms with E-state index in [0.29, 0.717) is 34.8 Å². The van der Waals surface area contributed by atoms with Gasteiger partial charge in [0.05, 0.1) is 18.3 Å². The lowest BCUT2D eigenvalue weighted by Crippen LogP contribution is -2.16. The van der Waals surface area contributed by atoms with Crippen LogP contribution in [0.4, 0.5) is 4.39 Å². The van der Waals surface area contributed by atoms with Crippen molar-refractivity contribution in [3.05, 3.63) is 30.1 Å². The first-order valence-corrected chi connectivity index (χ1v) is 8.11. The van der Waals surface area contributed by atoms with Crippen molar-refractivity contribution in [3.8, 4) is 11.4 Å². The van der Waals surface area contributed by atoms with Gasteiger partial charge in [0, 0.05) is 12.3 Å². The maximum atomic E-state index is 14.0. The van der Waals surface area contributed by atoms with Gasteiger partial charge in [0.15, 0.2) is 11.0 Å². The Bertz CT molecular complexity index is 619. The Balaban J connectivity index is 2.34. The van der Waals surface area contributed by atoms with Crippen molar-refractivity contribution >= 4 is 11.8 Å². The highest BCUT2D eigenvalue weighted by Crippen LogP contribution is 2.27. The Morgan fingerprint density at radius 2 is 2.00 bits per heavy atom. The summed E-state index contributed by atoms with van der Waals surface area (Å²) in [5, 5.41) is 27.2. The Morgan fingerprint density at radius 1 is 1.27 bits per heavy atom. The van der Waals surface area contributed by atoms with Crippen LogP contribution in [0.25, 0.3) is 11.4 Å². The molecule has 120 valence electrons. The fourth-order valence-corrected chi connectivity index (χ4v) is 2.85. The van der Waals surface area contributed by atoms with Crippen molar-refractivity contribution in [1.82, 2.24) is 14.8 Å². The summed E-state index contributed by atoms with van der Waals surface area (Å²) < 4.78 is 15.9. The van der Waals surface area contributed by atoms with Crippen LogP contribution < -0.4 is 0 Å². The lowest BCUT2D eigenvalue weighted by Gasteiger charge is -2.13. The molecule has 0 aliphatic carbocycles. The van der Waals surface area contributed by atoms with E-state index in [-0.39, 0.29) is 12.4 Å². The van der Waals surface area contributed by atoms with Crippen LogP contribution in [0.2, 0.25) is 0 Å². The molecule has 5 nitrogen and oxygen atoms in total. The molecule has 0 spiro atoms. The van der Waals surface area contributed by atoms with E-state index in [0.717, 1.165) is 0 Å². The quantitative estimate of drug-likeness (QED) is 0.764.